The molecule has 5 nitrogen and oxygen atoms in total. The molecule has 19 heavy (non-hydrogen) atoms. The molecule has 1 unspecified atom stereocenters. The molecule has 0 aliphatic heterocycles. The average molecular weight is 277 g/mol. The van der Waals surface area contributed by atoms with Gasteiger partial charge < -0.3 is 5.73 Å². The third-order valence-electron chi connectivity index (χ3n) is 2.63. The second-order valence-electron chi connectivity index (χ2n) is 4.20. The first-order valence-electron chi connectivity index (χ1n) is 5.77. The zero-order chi connectivity index (χ0) is 13.9. The van der Waals surface area contributed by atoms with Crippen LogP contribution in [-0.2, 0) is 10.0 Å². The Morgan fingerprint density at radius 1 is 1.21 bits per heavy atom. The van der Waals surface area contributed by atoms with Crippen molar-refractivity contribution in [3.05, 3.63) is 54.4 Å². The van der Waals surface area contributed by atoms with E-state index in [-0.39, 0.29) is 10.9 Å². The van der Waals surface area contributed by atoms with Crippen molar-refractivity contribution in [1.29, 1.82) is 0 Å². The van der Waals surface area contributed by atoms with Crippen LogP contribution >= 0.6 is 0 Å². The second-order valence-corrected chi connectivity index (χ2v) is 5.89. The summed E-state index contributed by atoms with van der Waals surface area (Å²) < 4.78 is 26.6. The number of aromatic nitrogens is 1. The molecule has 0 radical (unpaired) electrons. The minimum absolute atomic E-state index is 0.0796. The van der Waals surface area contributed by atoms with Crippen LogP contribution < -0.4 is 10.5 Å². The summed E-state index contributed by atoms with van der Waals surface area (Å²) in [6.45, 7) is 1.87. The number of pyridine rings is 1. The molecular weight excluding hydrogens is 262 g/mol. The van der Waals surface area contributed by atoms with Gasteiger partial charge in [-0.25, -0.2) is 8.42 Å². The Balaban J connectivity index is 2.21. The number of nitrogens with one attached hydrogen (secondary N) is 1. The van der Waals surface area contributed by atoms with Crippen molar-refractivity contribution in [2.45, 2.75) is 17.9 Å². The van der Waals surface area contributed by atoms with E-state index in [0.29, 0.717) is 5.69 Å². The Labute approximate surface area is 112 Å². The van der Waals surface area contributed by atoms with E-state index in [1.54, 1.807) is 30.3 Å². The normalized spacial score (nSPS) is 12.9. The van der Waals surface area contributed by atoms with Gasteiger partial charge in [-0.2, -0.15) is 0 Å². The van der Waals surface area contributed by atoms with E-state index < -0.39 is 10.0 Å². The lowest BCUT2D eigenvalue weighted by Gasteiger charge is -2.09. The quantitative estimate of drug-likeness (QED) is 0.893. The summed E-state index contributed by atoms with van der Waals surface area (Å²) in [6.07, 6.45) is 2.83. The van der Waals surface area contributed by atoms with Crippen molar-refractivity contribution < 1.29 is 8.42 Å². The smallest absolute Gasteiger partial charge is 0.263 e. The number of nitrogens with zero attached hydrogens (tertiary/aromatic N) is 1. The number of anilines is 1. The van der Waals surface area contributed by atoms with Crippen LogP contribution in [0.4, 0.5) is 5.69 Å². The molecule has 1 atom stereocenters. The monoisotopic (exact) mass is 277 g/mol. The summed E-state index contributed by atoms with van der Waals surface area (Å²) >= 11 is 0. The molecule has 6 heteroatoms. The van der Waals surface area contributed by atoms with Gasteiger partial charge in [0, 0.05) is 24.1 Å². The van der Waals surface area contributed by atoms with Crippen LogP contribution in [0.2, 0.25) is 0 Å². The number of hydrogen-bond donors (Lipinski definition) is 2. The van der Waals surface area contributed by atoms with E-state index in [0.717, 1.165) is 5.56 Å². The van der Waals surface area contributed by atoms with E-state index in [1.165, 1.54) is 18.5 Å². The standard InChI is InChI=1S/C13H15N3O2S/c1-10(14)11-4-6-12(7-5-11)16-19(17,18)13-3-2-8-15-9-13/h2-10,16H,14H2,1H3. The predicted octanol–water partition coefficient (Wildman–Crippen LogP) is 1.90. The molecule has 3 N–H and O–H groups in total. The van der Waals surface area contributed by atoms with Gasteiger partial charge in [-0.05, 0) is 36.8 Å². The van der Waals surface area contributed by atoms with E-state index in [1.807, 2.05) is 6.92 Å². The highest BCUT2D eigenvalue weighted by molar-refractivity contribution is 7.92. The summed E-state index contributed by atoms with van der Waals surface area (Å²) in [6, 6.07) is 9.96. The van der Waals surface area contributed by atoms with Gasteiger partial charge in [-0.1, -0.05) is 12.1 Å². The van der Waals surface area contributed by atoms with Crippen LogP contribution in [0.5, 0.6) is 0 Å². The molecule has 100 valence electrons. The molecule has 0 amide bonds. The second kappa shape index (κ2) is 5.38. The highest BCUT2D eigenvalue weighted by atomic mass is 32.2. The fraction of sp³-hybridized carbons (Fsp3) is 0.154. The molecule has 0 aliphatic rings. The largest absolute Gasteiger partial charge is 0.324 e. The molecule has 0 aliphatic carbocycles. The van der Waals surface area contributed by atoms with Gasteiger partial charge in [-0.3, -0.25) is 9.71 Å². The first-order chi connectivity index (χ1) is 8.99. The summed E-state index contributed by atoms with van der Waals surface area (Å²) in [4.78, 5) is 3.93. The first-order valence-corrected chi connectivity index (χ1v) is 7.26. The SMILES string of the molecule is CC(N)c1ccc(NS(=O)(=O)c2cccnc2)cc1. The lowest BCUT2D eigenvalue weighted by molar-refractivity contribution is 0.601. The molecule has 0 spiro atoms. The lowest BCUT2D eigenvalue weighted by atomic mass is 10.1. The van der Waals surface area contributed by atoms with Gasteiger partial charge in [0.2, 0.25) is 0 Å². The van der Waals surface area contributed by atoms with E-state index in [4.69, 9.17) is 5.73 Å². The molecule has 2 aromatic rings. The third kappa shape index (κ3) is 3.30. The Hall–Kier alpha value is -1.92. The molecule has 0 fully saturated rings. The lowest BCUT2D eigenvalue weighted by Crippen LogP contribution is -2.13. The van der Waals surface area contributed by atoms with Gasteiger partial charge in [0.15, 0.2) is 0 Å². The van der Waals surface area contributed by atoms with Crippen LogP contribution in [0.3, 0.4) is 0 Å². The van der Waals surface area contributed by atoms with Crippen molar-refractivity contribution in [3.8, 4) is 0 Å². The fourth-order valence-corrected chi connectivity index (χ4v) is 2.60. The molecule has 1 heterocycles. The van der Waals surface area contributed by atoms with Crippen LogP contribution in [0.15, 0.2) is 53.7 Å². The number of hydrogen-bond acceptors (Lipinski definition) is 4. The van der Waals surface area contributed by atoms with E-state index >= 15 is 0 Å². The van der Waals surface area contributed by atoms with Gasteiger partial charge in [0.1, 0.15) is 4.90 Å². The minimum atomic E-state index is -3.59. The molecule has 2 rings (SSSR count). The maximum absolute atomic E-state index is 12.0. The van der Waals surface area contributed by atoms with Crippen molar-refractivity contribution in [1.82, 2.24) is 4.98 Å². The van der Waals surface area contributed by atoms with Crippen LogP contribution in [-0.4, -0.2) is 13.4 Å². The number of rotatable bonds is 4. The third-order valence-corrected chi connectivity index (χ3v) is 4.00. The van der Waals surface area contributed by atoms with Crippen LogP contribution in [0.25, 0.3) is 0 Å². The van der Waals surface area contributed by atoms with Crippen LogP contribution in [0.1, 0.15) is 18.5 Å². The van der Waals surface area contributed by atoms with E-state index in [9.17, 15) is 8.42 Å². The molecule has 0 saturated heterocycles. The molecule has 0 saturated carbocycles. The summed E-state index contributed by atoms with van der Waals surface area (Å²) in [5.74, 6) is 0. The molecule has 1 aromatic carbocycles. The maximum atomic E-state index is 12.0. The topological polar surface area (TPSA) is 85.1 Å². The summed E-state index contributed by atoms with van der Waals surface area (Å²) in [5.41, 5.74) is 7.18. The number of benzene rings is 1. The Morgan fingerprint density at radius 2 is 1.89 bits per heavy atom. The number of sulfonamides is 1. The average Bonchev–Trinajstić information content (AvgIpc) is 2.40. The van der Waals surface area contributed by atoms with Crippen molar-refractivity contribution in [3.63, 3.8) is 0 Å². The van der Waals surface area contributed by atoms with Crippen molar-refractivity contribution >= 4 is 15.7 Å². The van der Waals surface area contributed by atoms with Gasteiger partial charge in [0.25, 0.3) is 10.0 Å². The van der Waals surface area contributed by atoms with E-state index in [2.05, 4.69) is 9.71 Å². The highest BCUT2D eigenvalue weighted by Gasteiger charge is 2.13. The van der Waals surface area contributed by atoms with Gasteiger partial charge in [0.05, 0.1) is 0 Å². The van der Waals surface area contributed by atoms with Crippen molar-refractivity contribution in [2.75, 3.05) is 4.72 Å². The first kappa shape index (κ1) is 13.5. The summed E-state index contributed by atoms with van der Waals surface area (Å²) in [7, 11) is -3.59. The minimum Gasteiger partial charge on any atom is -0.324 e. The molecule has 1 aromatic heterocycles. The fourth-order valence-electron chi connectivity index (χ4n) is 1.57. The molecule has 0 bridgehead atoms. The predicted molar refractivity (Wildman–Crippen MR) is 74.1 cm³/mol. The zero-order valence-electron chi connectivity index (χ0n) is 10.4. The zero-order valence-corrected chi connectivity index (χ0v) is 11.3. The van der Waals surface area contributed by atoms with Gasteiger partial charge in [-0.15, -0.1) is 0 Å². The Bertz CT molecular complexity index is 637. The Morgan fingerprint density at radius 3 is 2.42 bits per heavy atom. The maximum Gasteiger partial charge on any atom is 0.263 e. The van der Waals surface area contributed by atoms with Gasteiger partial charge >= 0.3 is 0 Å². The highest BCUT2D eigenvalue weighted by Crippen LogP contribution is 2.17. The van der Waals surface area contributed by atoms with Crippen LogP contribution in [0, 0.1) is 0 Å². The van der Waals surface area contributed by atoms with Crippen molar-refractivity contribution in [2.24, 2.45) is 5.73 Å². The summed E-state index contributed by atoms with van der Waals surface area (Å²) in [5, 5.41) is 0. The molecular formula is C13H15N3O2S. The Kier molecular flexibility index (Phi) is 3.82. The number of nitrogens with two attached hydrogens (primary N) is 1.